The van der Waals surface area contributed by atoms with Crippen LogP contribution >= 0.6 is 11.6 Å². The van der Waals surface area contributed by atoms with Crippen LogP contribution in [0.5, 0.6) is 0 Å². The van der Waals surface area contributed by atoms with Crippen LogP contribution in [0.2, 0.25) is 0 Å². The fraction of sp³-hybridized carbons (Fsp3) is 0.364. The van der Waals surface area contributed by atoms with Crippen LogP contribution in [0.1, 0.15) is 12.5 Å². The van der Waals surface area contributed by atoms with E-state index in [4.69, 9.17) is 16.9 Å². The van der Waals surface area contributed by atoms with Crippen LogP contribution in [0.15, 0.2) is 23.1 Å². The molecule has 1 atom stereocenters. The van der Waals surface area contributed by atoms with E-state index < -0.39 is 15.7 Å². The number of benzene rings is 1. The molecule has 0 aliphatic heterocycles. The molecule has 1 rings (SSSR count). The largest absolute Gasteiger partial charge is 0.224 e. The Morgan fingerprint density at radius 3 is 2.71 bits per heavy atom. The van der Waals surface area contributed by atoms with Crippen molar-refractivity contribution in [2.45, 2.75) is 11.8 Å². The van der Waals surface area contributed by atoms with Gasteiger partial charge in [-0.1, -0.05) is 6.92 Å². The summed E-state index contributed by atoms with van der Waals surface area (Å²) in [7, 11) is -3.60. The van der Waals surface area contributed by atoms with E-state index in [-0.39, 0.29) is 28.0 Å². The van der Waals surface area contributed by atoms with Crippen molar-refractivity contribution in [3.8, 4) is 6.07 Å². The Morgan fingerprint density at radius 2 is 2.18 bits per heavy atom. The highest BCUT2D eigenvalue weighted by Gasteiger charge is 2.21. The third-order valence-electron chi connectivity index (χ3n) is 2.16. The van der Waals surface area contributed by atoms with Crippen molar-refractivity contribution >= 4 is 21.4 Å². The molecular weight excluding hydrogens is 265 g/mol. The van der Waals surface area contributed by atoms with Gasteiger partial charge in [0.05, 0.1) is 16.2 Å². The van der Waals surface area contributed by atoms with Gasteiger partial charge in [0.25, 0.3) is 0 Å². The number of hydrogen-bond acceptors (Lipinski definition) is 3. The predicted molar refractivity (Wildman–Crippen MR) is 63.1 cm³/mol. The van der Waals surface area contributed by atoms with Gasteiger partial charge in [-0.25, -0.2) is 12.8 Å². The van der Waals surface area contributed by atoms with Gasteiger partial charge in [-0.3, -0.25) is 0 Å². The van der Waals surface area contributed by atoms with Crippen LogP contribution in [0.4, 0.5) is 4.39 Å². The highest BCUT2D eigenvalue weighted by molar-refractivity contribution is 7.91. The monoisotopic (exact) mass is 275 g/mol. The Balaban J connectivity index is 3.21. The molecule has 92 valence electrons. The van der Waals surface area contributed by atoms with Gasteiger partial charge in [-0.05, 0) is 24.1 Å². The maximum atomic E-state index is 12.9. The number of nitrogens with zero attached hydrogens (tertiary/aromatic N) is 1. The fourth-order valence-electron chi connectivity index (χ4n) is 1.37. The van der Waals surface area contributed by atoms with Gasteiger partial charge < -0.3 is 0 Å². The van der Waals surface area contributed by atoms with Gasteiger partial charge >= 0.3 is 0 Å². The zero-order valence-electron chi connectivity index (χ0n) is 9.15. The maximum Gasteiger partial charge on any atom is 0.179 e. The molecule has 6 heteroatoms. The van der Waals surface area contributed by atoms with Crippen LogP contribution in [-0.4, -0.2) is 20.1 Å². The van der Waals surface area contributed by atoms with E-state index in [1.165, 1.54) is 0 Å². The van der Waals surface area contributed by atoms with Gasteiger partial charge in [0.1, 0.15) is 11.9 Å². The lowest BCUT2D eigenvalue weighted by Crippen LogP contribution is -2.16. The van der Waals surface area contributed by atoms with Crippen molar-refractivity contribution < 1.29 is 12.8 Å². The molecule has 0 fully saturated rings. The number of nitriles is 1. The lowest BCUT2D eigenvalue weighted by atomic mass is 10.2. The second-order valence-corrected chi connectivity index (χ2v) is 6.10. The summed E-state index contributed by atoms with van der Waals surface area (Å²) >= 11 is 5.55. The van der Waals surface area contributed by atoms with E-state index in [0.717, 1.165) is 18.2 Å². The van der Waals surface area contributed by atoms with Crippen molar-refractivity contribution in [2.75, 3.05) is 11.6 Å². The zero-order chi connectivity index (χ0) is 13.1. The third-order valence-corrected chi connectivity index (χ3v) is 4.73. The summed E-state index contributed by atoms with van der Waals surface area (Å²) in [4.78, 5) is -0.140. The molecule has 0 radical (unpaired) electrons. The summed E-state index contributed by atoms with van der Waals surface area (Å²) in [6.45, 7) is 1.69. The molecule has 0 aliphatic carbocycles. The summed E-state index contributed by atoms with van der Waals surface area (Å²) in [5.41, 5.74) is -0.174. The summed E-state index contributed by atoms with van der Waals surface area (Å²) in [6.07, 6.45) is 0. The molecule has 0 spiro atoms. The highest BCUT2D eigenvalue weighted by atomic mass is 35.5. The SMILES string of the molecule is CC(CCl)CS(=O)(=O)c1ccc(F)cc1C#N. The van der Waals surface area contributed by atoms with Gasteiger partial charge in [-0.2, -0.15) is 5.26 Å². The zero-order valence-corrected chi connectivity index (χ0v) is 10.7. The first kappa shape index (κ1) is 13.9. The molecule has 3 nitrogen and oxygen atoms in total. The van der Waals surface area contributed by atoms with E-state index >= 15 is 0 Å². The van der Waals surface area contributed by atoms with E-state index in [1.807, 2.05) is 0 Å². The molecule has 1 unspecified atom stereocenters. The molecule has 1 aromatic rings. The summed E-state index contributed by atoms with van der Waals surface area (Å²) in [6, 6.07) is 4.74. The Labute approximate surface area is 105 Å². The summed E-state index contributed by atoms with van der Waals surface area (Å²) in [5, 5.41) is 8.79. The van der Waals surface area contributed by atoms with Crippen LogP contribution in [0.3, 0.4) is 0 Å². The quantitative estimate of drug-likeness (QED) is 0.626. The maximum absolute atomic E-state index is 12.9. The van der Waals surface area contributed by atoms with Crippen molar-refractivity contribution in [1.29, 1.82) is 5.26 Å². The topological polar surface area (TPSA) is 57.9 Å². The summed E-state index contributed by atoms with van der Waals surface area (Å²) < 4.78 is 36.8. The minimum absolute atomic E-state index is 0.140. The number of rotatable bonds is 4. The molecule has 0 saturated carbocycles. The number of sulfone groups is 1. The molecule has 1 aromatic carbocycles. The first-order chi connectivity index (χ1) is 7.90. The van der Waals surface area contributed by atoms with Gasteiger partial charge in [0.2, 0.25) is 0 Å². The molecular formula is C11H11ClFNO2S. The number of hydrogen-bond donors (Lipinski definition) is 0. The lowest BCUT2D eigenvalue weighted by Gasteiger charge is -2.09. The molecule has 0 amide bonds. The molecule has 17 heavy (non-hydrogen) atoms. The molecule has 0 saturated heterocycles. The number of alkyl halides is 1. The average molecular weight is 276 g/mol. The van der Waals surface area contributed by atoms with Gasteiger partial charge in [0, 0.05) is 5.88 Å². The lowest BCUT2D eigenvalue weighted by molar-refractivity contribution is 0.582. The number of halogens is 2. The first-order valence-corrected chi connectivity index (χ1v) is 7.07. The second-order valence-electron chi connectivity index (χ2n) is 3.79. The fourth-order valence-corrected chi connectivity index (χ4v) is 3.37. The molecule has 0 heterocycles. The van der Waals surface area contributed by atoms with Crippen molar-refractivity contribution in [2.24, 2.45) is 5.92 Å². The van der Waals surface area contributed by atoms with E-state index in [2.05, 4.69) is 0 Å². The van der Waals surface area contributed by atoms with Crippen LogP contribution < -0.4 is 0 Å². The standard InChI is InChI=1S/C11H11ClFNO2S/c1-8(5-12)7-17(15,16)11-3-2-10(13)4-9(11)6-14/h2-4,8H,5,7H2,1H3. The minimum atomic E-state index is -3.60. The molecule has 0 N–H and O–H groups in total. The van der Waals surface area contributed by atoms with Crippen molar-refractivity contribution in [1.82, 2.24) is 0 Å². The minimum Gasteiger partial charge on any atom is -0.224 e. The van der Waals surface area contributed by atoms with Crippen molar-refractivity contribution in [3.05, 3.63) is 29.6 Å². The van der Waals surface area contributed by atoms with E-state index in [9.17, 15) is 12.8 Å². The van der Waals surface area contributed by atoms with Gasteiger partial charge in [0.15, 0.2) is 9.84 Å². The van der Waals surface area contributed by atoms with Crippen LogP contribution in [0.25, 0.3) is 0 Å². The van der Waals surface area contributed by atoms with Crippen molar-refractivity contribution in [3.63, 3.8) is 0 Å². The van der Waals surface area contributed by atoms with Crippen LogP contribution in [-0.2, 0) is 9.84 Å². The second kappa shape index (κ2) is 5.48. The molecule has 0 aromatic heterocycles. The Hall–Kier alpha value is -1.12. The summed E-state index contributed by atoms with van der Waals surface area (Å²) in [5.74, 6) is -0.803. The van der Waals surface area contributed by atoms with E-state index in [1.54, 1.807) is 13.0 Å². The third kappa shape index (κ3) is 3.42. The van der Waals surface area contributed by atoms with Crippen LogP contribution in [0, 0.1) is 23.1 Å². The predicted octanol–water partition coefficient (Wildman–Crippen LogP) is 2.35. The first-order valence-electron chi connectivity index (χ1n) is 4.89. The van der Waals surface area contributed by atoms with E-state index in [0.29, 0.717) is 0 Å². The average Bonchev–Trinajstić information content (AvgIpc) is 2.27. The molecule has 0 bridgehead atoms. The Bertz CT molecular complexity index is 551. The Morgan fingerprint density at radius 1 is 1.53 bits per heavy atom. The Kier molecular flexibility index (Phi) is 4.49. The smallest absolute Gasteiger partial charge is 0.179 e. The van der Waals surface area contributed by atoms with Gasteiger partial charge in [-0.15, -0.1) is 11.6 Å². The highest BCUT2D eigenvalue weighted by Crippen LogP contribution is 2.20. The molecule has 0 aliphatic rings. The normalized spacial score (nSPS) is 13.1.